The molecule has 0 unspecified atom stereocenters. The summed E-state index contributed by atoms with van der Waals surface area (Å²) in [5.74, 6) is 0. The van der Waals surface area contributed by atoms with E-state index >= 15 is 0 Å². The minimum absolute atomic E-state index is 0. The molecule has 0 aromatic carbocycles. The molecule has 0 saturated carbocycles. The third-order valence-corrected chi connectivity index (χ3v) is 2.88. The van der Waals surface area contributed by atoms with Gasteiger partial charge in [-0.05, 0) is 54.0 Å². The van der Waals surface area contributed by atoms with E-state index in [1.165, 1.54) is 32.5 Å². The van der Waals surface area contributed by atoms with Crippen LogP contribution in [0.3, 0.4) is 0 Å². The van der Waals surface area contributed by atoms with E-state index in [2.05, 4.69) is 56.9 Å². The van der Waals surface area contributed by atoms with E-state index in [-0.39, 0.29) is 18.6 Å². The third-order valence-electron chi connectivity index (χ3n) is 2.88. The van der Waals surface area contributed by atoms with E-state index in [4.69, 9.17) is 0 Å². The quantitative estimate of drug-likeness (QED) is 0.577. The molecule has 0 aliphatic heterocycles. The molecule has 18 heavy (non-hydrogen) atoms. The molecule has 0 aromatic heterocycles. The number of hydrogen-bond acceptors (Lipinski definition) is 2. The second-order valence-electron chi connectivity index (χ2n) is 5.64. The molecule has 0 rings (SSSR count). The van der Waals surface area contributed by atoms with Crippen molar-refractivity contribution in [3.8, 4) is 0 Å². The Morgan fingerprint density at radius 2 is 1.44 bits per heavy atom. The average Bonchev–Trinajstić information content (AvgIpc) is 2.20. The maximum Gasteiger partial charge on any atom is 0.00385 e. The minimum atomic E-state index is 0. The molecule has 0 heterocycles. The fourth-order valence-electron chi connectivity index (χ4n) is 1.84. The molecule has 0 aliphatic carbocycles. The van der Waals surface area contributed by atoms with Gasteiger partial charge in [0.2, 0.25) is 0 Å². The van der Waals surface area contributed by atoms with Crippen LogP contribution in [-0.2, 0) is 18.6 Å². The first kappa shape index (κ1) is 20.8. The Morgan fingerprint density at radius 3 is 1.89 bits per heavy atom. The molecule has 0 amide bonds. The predicted octanol–water partition coefficient (Wildman–Crippen LogP) is 2.82. The van der Waals surface area contributed by atoms with Gasteiger partial charge in [-0.3, -0.25) is 0 Å². The van der Waals surface area contributed by atoms with Crippen LogP contribution in [0, 0.1) is 0 Å². The van der Waals surface area contributed by atoms with Crippen LogP contribution >= 0.6 is 0 Å². The Kier molecular flexibility index (Phi) is 14.4. The second-order valence-corrected chi connectivity index (χ2v) is 5.64. The van der Waals surface area contributed by atoms with Gasteiger partial charge < -0.3 is 15.1 Å². The van der Waals surface area contributed by atoms with Crippen LogP contribution in [0.5, 0.6) is 0 Å². The molecule has 4 heteroatoms. The van der Waals surface area contributed by atoms with Crippen molar-refractivity contribution in [2.24, 2.45) is 0 Å². The van der Waals surface area contributed by atoms with E-state index in [1.807, 2.05) is 0 Å². The maximum absolute atomic E-state index is 4.53. The Morgan fingerprint density at radius 1 is 0.889 bits per heavy atom. The van der Waals surface area contributed by atoms with E-state index in [0.717, 1.165) is 6.54 Å². The maximum atomic E-state index is 4.53. The van der Waals surface area contributed by atoms with Gasteiger partial charge in [0.15, 0.2) is 0 Å². The van der Waals surface area contributed by atoms with Crippen LogP contribution in [0.25, 0.3) is 5.32 Å². The van der Waals surface area contributed by atoms with Gasteiger partial charge in [0.25, 0.3) is 0 Å². The summed E-state index contributed by atoms with van der Waals surface area (Å²) < 4.78 is 0. The van der Waals surface area contributed by atoms with Crippen LogP contribution in [0.15, 0.2) is 0 Å². The molecule has 0 aliphatic rings. The zero-order valence-corrected chi connectivity index (χ0v) is 14.6. The molecule has 109 valence electrons. The zero-order valence-electron chi connectivity index (χ0n) is 13.2. The average molecular weight is 293 g/mol. The van der Waals surface area contributed by atoms with Gasteiger partial charge in [-0.1, -0.05) is 20.3 Å². The third kappa shape index (κ3) is 12.9. The molecule has 0 bridgehead atoms. The summed E-state index contributed by atoms with van der Waals surface area (Å²) >= 11 is 0. The smallest absolute Gasteiger partial charge is 0.00385 e. The molecule has 0 spiro atoms. The summed E-state index contributed by atoms with van der Waals surface area (Å²) in [5.41, 5.74) is 0. The number of rotatable bonds is 10. The molecule has 1 radical (unpaired) electrons. The van der Waals surface area contributed by atoms with Crippen molar-refractivity contribution in [3.63, 3.8) is 0 Å². The first-order valence-electron chi connectivity index (χ1n) is 6.99. The van der Waals surface area contributed by atoms with Crippen LogP contribution in [-0.4, -0.2) is 62.2 Å². The molecular weight excluding hydrogens is 261 g/mol. The van der Waals surface area contributed by atoms with Crippen LogP contribution in [0.4, 0.5) is 0 Å². The standard InChI is InChI=1S/C14H32N3.V/c1-13(2)15-9-7-11-17(14(3)4)12-8-10-16(5)6;/h13-14H,7-12H2,1-6H3;/q-1;. The van der Waals surface area contributed by atoms with Crippen molar-refractivity contribution in [1.82, 2.24) is 9.80 Å². The molecule has 0 saturated heterocycles. The first-order valence-corrected chi connectivity index (χ1v) is 6.99. The largest absolute Gasteiger partial charge is 0.660 e. The predicted molar refractivity (Wildman–Crippen MR) is 77.9 cm³/mol. The Balaban J connectivity index is 0. The van der Waals surface area contributed by atoms with Crippen molar-refractivity contribution in [2.45, 2.75) is 52.6 Å². The van der Waals surface area contributed by atoms with Crippen LogP contribution in [0.1, 0.15) is 40.5 Å². The molecular formula is C14H32N3V-. The van der Waals surface area contributed by atoms with Gasteiger partial charge in [0.05, 0.1) is 0 Å². The summed E-state index contributed by atoms with van der Waals surface area (Å²) in [6, 6.07) is 1.13. The van der Waals surface area contributed by atoms with Crippen LogP contribution < -0.4 is 0 Å². The van der Waals surface area contributed by atoms with Crippen molar-refractivity contribution in [3.05, 3.63) is 5.32 Å². The van der Waals surface area contributed by atoms with Gasteiger partial charge in [0.1, 0.15) is 0 Å². The fourth-order valence-corrected chi connectivity index (χ4v) is 1.84. The first-order chi connectivity index (χ1) is 7.93. The molecule has 0 fully saturated rings. The fraction of sp³-hybridized carbons (Fsp3) is 1.00. The Bertz CT molecular complexity index is 172. The summed E-state index contributed by atoms with van der Waals surface area (Å²) in [4.78, 5) is 4.83. The van der Waals surface area contributed by atoms with Gasteiger partial charge in [0, 0.05) is 24.6 Å². The molecule has 0 aromatic rings. The summed E-state index contributed by atoms with van der Waals surface area (Å²) in [7, 11) is 4.28. The summed E-state index contributed by atoms with van der Waals surface area (Å²) in [6.45, 7) is 13.5. The summed E-state index contributed by atoms with van der Waals surface area (Å²) in [5, 5.41) is 4.53. The minimum Gasteiger partial charge on any atom is -0.660 e. The van der Waals surface area contributed by atoms with Gasteiger partial charge in [-0.25, -0.2) is 0 Å². The molecule has 3 nitrogen and oxygen atoms in total. The van der Waals surface area contributed by atoms with Crippen molar-refractivity contribution >= 4 is 0 Å². The summed E-state index contributed by atoms with van der Waals surface area (Å²) in [6.07, 6.45) is 2.45. The topological polar surface area (TPSA) is 20.6 Å². The van der Waals surface area contributed by atoms with Gasteiger partial charge in [-0.15, -0.1) is 12.6 Å². The Labute approximate surface area is 127 Å². The van der Waals surface area contributed by atoms with Crippen molar-refractivity contribution < 1.29 is 18.6 Å². The van der Waals surface area contributed by atoms with Gasteiger partial charge in [-0.2, -0.15) is 0 Å². The van der Waals surface area contributed by atoms with E-state index in [1.54, 1.807) is 0 Å². The SMILES string of the molecule is CC(C)[N-]CCCN(CCCN(C)C)C(C)C.[V]. The number of hydrogen-bond donors (Lipinski definition) is 0. The monoisotopic (exact) mass is 293 g/mol. The molecule has 0 N–H and O–H groups in total. The molecule has 0 atom stereocenters. The van der Waals surface area contributed by atoms with Crippen molar-refractivity contribution in [1.29, 1.82) is 0 Å². The normalized spacial score (nSPS) is 11.7. The second kappa shape index (κ2) is 12.5. The Hall–Kier alpha value is 0.464. The van der Waals surface area contributed by atoms with Crippen molar-refractivity contribution in [2.75, 3.05) is 40.3 Å². The van der Waals surface area contributed by atoms with E-state index < -0.39 is 0 Å². The van der Waals surface area contributed by atoms with Gasteiger partial charge >= 0.3 is 0 Å². The number of nitrogens with zero attached hydrogens (tertiary/aromatic N) is 3. The zero-order chi connectivity index (χ0) is 13.3. The van der Waals surface area contributed by atoms with Crippen LogP contribution in [0.2, 0.25) is 0 Å². The van der Waals surface area contributed by atoms with E-state index in [0.29, 0.717) is 12.1 Å². The van der Waals surface area contributed by atoms with E-state index in [9.17, 15) is 0 Å².